The highest BCUT2D eigenvalue weighted by atomic mass is 32.2. The second-order valence-corrected chi connectivity index (χ2v) is 7.59. The van der Waals surface area contributed by atoms with Gasteiger partial charge in [-0.15, -0.1) is 0 Å². The molecule has 28 heavy (non-hydrogen) atoms. The Kier molecular flexibility index (Phi) is 6.16. The van der Waals surface area contributed by atoms with Crippen LogP contribution >= 0.6 is 0 Å². The van der Waals surface area contributed by atoms with Crippen LogP contribution in [0, 0.1) is 0 Å². The Morgan fingerprint density at radius 2 is 1.68 bits per heavy atom. The van der Waals surface area contributed by atoms with Crippen LogP contribution in [-0.4, -0.2) is 27.8 Å². The molecule has 7 heteroatoms. The number of fused-ring (bicyclic) bond motifs is 1. The Morgan fingerprint density at radius 3 is 2.43 bits per heavy atom. The van der Waals surface area contributed by atoms with E-state index in [4.69, 9.17) is 9.47 Å². The van der Waals surface area contributed by atoms with E-state index in [2.05, 4.69) is 9.93 Å². The first-order valence-electron chi connectivity index (χ1n) is 8.97. The standard InChI is InChI=1S/C21H22N2O4S/c1-3-26-19-11-9-18(21(14-19)27-4-2)15-22-23-28(24,25)20-12-10-16-7-5-6-8-17(16)13-20/h5-15,23H,3-4H2,1-2H3/b22-15-. The van der Waals surface area contributed by atoms with E-state index in [9.17, 15) is 8.42 Å². The van der Waals surface area contributed by atoms with E-state index < -0.39 is 10.0 Å². The van der Waals surface area contributed by atoms with Crippen molar-refractivity contribution < 1.29 is 17.9 Å². The molecule has 6 nitrogen and oxygen atoms in total. The van der Waals surface area contributed by atoms with E-state index in [0.29, 0.717) is 30.3 Å². The van der Waals surface area contributed by atoms with E-state index >= 15 is 0 Å². The first-order valence-corrected chi connectivity index (χ1v) is 10.4. The summed E-state index contributed by atoms with van der Waals surface area (Å²) in [5.41, 5.74) is 0.645. The Morgan fingerprint density at radius 1 is 0.929 bits per heavy atom. The molecule has 3 aromatic rings. The number of rotatable bonds is 8. The van der Waals surface area contributed by atoms with Gasteiger partial charge in [-0.05, 0) is 48.9 Å². The van der Waals surface area contributed by atoms with Crippen molar-refractivity contribution in [3.8, 4) is 11.5 Å². The van der Waals surface area contributed by atoms with Crippen molar-refractivity contribution >= 4 is 27.0 Å². The maximum absolute atomic E-state index is 12.5. The summed E-state index contributed by atoms with van der Waals surface area (Å²) in [6.45, 7) is 4.79. The van der Waals surface area contributed by atoms with Gasteiger partial charge in [-0.25, -0.2) is 4.83 Å². The lowest BCUT2D eigenvalue weighted by Gasteiger charge is -2.10. The average Bonchev–Trinajstić information content (AvgIpc) is 2.69. The van der Waals surface area contributed by atoms with E-state index in [-0.39, 0.29) is 4.90 Å². The Balaban J connectivity index is 1.80. The summed E-state index contributed by atoms with van der Waals surface area (Å²) in [6, 6.07) is 17.8. The van der Waals surface area contributed by atoms with Crippen molar-refractivity contribution in [1.82, 2.24) is 4.83 Å². The third-order valence-electron chi connectivity index (χ3n) is 4.00. The number of ether oxygens (including phenoxy) is 2. The van der Waals surface area contributed by atoms with Gasteiger partial charge in [-0.2, -0.15) is 13.5 Å². The summed E-state index contributed by atoms with van der Waals surface area (Å²) in [5, 5.41) is 5.72. The van der Waals surface area contributed by atoms with Gasteiger partial charge in [0.1, 0.15) is 11.5 Å². The minimum Gasteiger partial charge on any atom is -0.494 e. The van der Waals surface area contributed by atoms with Crippen LogP contribution < -0.4 is 14.3 Å². The predicted molar refractivity (Wildman–Crippen MR) is 111 cm³/mol. The molecule has 0 amide bonds. The lowest BCUT2D eigenvalue weighted by molar-refractivity contribution is 0.323. The molecule has 0 saturated heterocycles. The smallest absolute Gasteiger partial charge is 0.276 e. The highest BCUT2D eigenvalue weighted by Crippen LogP contribution is 2.24. The number of hydrogen-bond donors (Lipinski definition) is 1. The molecule has 0 fully saturated rings. The van der Waals surface area contributed by atoms with Crippen molar-refractivity contribution in [2.75, 3.05) is 13.2 Å². The average molecular weight is 398 g/mol. The molecule has 0 bridgehead atoms. The van der Waals surface area contributed by atoms with Gasteiger partial charge in [0.05, 0.1) is 24.3 Å². The Hall–Kier alpha value is -3.06. The molecular weight excluding hydrogens is 376 g/mol. The molecule has 3 aromatic carbocycles. The number of hydrazone groups is 1. The van der Waals surface area contributed by atoms with Gasteiger partial charge in [-0.3, -0.25) is 0 Å². The number of sulfonamides is 1. The van der Waals surface area contributed by atoms with Crippen LogP contribution in [0.1, 0.15) is 19.4 Å². The zero-order chi connectivity index (χ0) is 20.0. The van der Waals surface area contributed by atoms with Crippen LogP contribution in [0.2, 0.25) is 0 Å². The molecule has 0 saturated carbocycles. The first kappa shape index (κ1) is 19.7. The fraction of sp³-hybridized carbons (Fsp3) is 0.190. The number of nitrogens with one attached hydrogen (secondary N) is 1. The van der Waals surface area contributed by atoms with E-state index in [0.717, 1.165) is 10.8 Å². The number of nitrogens with zero attached hydrogens (tertiary/aromatic N) is 1. The van der Waals surface area contributed by atoms with E-state index in [1.54, 1.807) is 36.4 Å². The van der Waals surface area contributed by atoms with Crippen molar-refractivity contribution in [3.63, 3.8) is 0 Å². The molecule has 0 unspecified atom stereocenters. The van der Waals surface area contributed by atoms with Crippen LogP contribution in [0.15, 0.2) is 70.7 Å². The summed E-state index contributed by atoms with van der Waals surface area (Å²) < 4.78 is 36.1. The molecule has 0 aromatic heterocycles. The van der Waals surface area contributed by atoms with Gasteiger partial charge >= 0.3 is 0 Å². The van der Waals surface area contributed by atoms with Gasteiger partial charge in [0.15, 0.2) is 0 Å². The molecule has 0 radical (unpaired) electrons. The maximum atomic E-state index is 12.5. The van der Waals surface area contributed by atoms with E-state index in [1.165, 1.54) is 6.21 Å². The summed E-state index contributed by atoms with van der Waals surface area (Å²) in [5.74, 6) is 1.25. The fourth-order valence-corrected chi connectivity index (χ4v) is 3.54. The highest BCUT2D eigenvalue weighted by molar-refractivity contribution is 7.89. The predicted octanol–water partition coefficient (Wildman–Crippen LogP) is 3.95. The second kappa shape index (κ2) is 8.75. The summed E-state index contributed by atoms with van der Waals surface area (Å²) in [6.07, 6.45) is 1.42. The van der Waals surface area contributed by atoms with Crippen LogP contribution in [0.5, 0.6) is 11.5 Å². The van der Waals surface area contributed by atoms with Crippen molar-refractivity contribution in [3.05, 3.63) is 66.2 Å². The highest BCUT2D eigenvalue weighted by Gasteiger charge is 2.13. The molecule has 146 valence electrons. The number of hydrogen-bond acceptors (Lipinski definition) is 5. The second-order valence-electron chi connectivity index (χ2n) is 5.93. The summed E-state index contributed by atoms with van der Waals surface area (Å²) >= 11 is 0. The van der Waals surface area contributed by atoms with Gasteiger partial charge < -0.3 is 9.47 Å². The molecular formula is C21H22N2O4S. The van der Waals surface area contributed by atoms with Crippen LogP contribution in [-0.2, 0) is 10.0 Å². The Bertz CT molecular complexity index is 1090. The van der Waals surface area contributed by atoms with Gasteiger partial charge in [-0.1, -0.05) is 30.3 Å². The van der Waals surface area contributed by atoms with Gasteiger partial charge in [0, 0.05) is 11.6 Å². The van der Waals surface area contributed by atoms with Gasteiger partial charge in [0.25, 0.3) is 10.0 Å². The lowest BCUT2D eigenvalue weighted by Crippen LogP contribution is -2.18. The number of benzene rings is 3. The van der Waals surface area contributed by atoms with Gasteiger partial charge in [0.2, 0.25) is 0 Å². The third-order valence-corrected chi connectivity index (χ3v) is 5.22. The normalized spacial score (nSPS) is 11.6. The molecule has 3 rings (SSSR count). The maximum Gasteiger partial charge on any atom is 0.276 e. The molecule has 1 N–H and O–H groups in total. The largest absolute Gasteiger partial charge is 0.494 e. The fourth-order valence-electron chi connectivity index (χ4n) is 2.71. The quantitative estimate of drug-likeness (QED) is 0.460. The van der Waals surface area contributed by atoms with Crippen LogP contribution in [0.4, 0.5) is 0 Å². The summed E-state index contributed by atoms with van der Waals surface area (Å²) in [4.78, 5) is 2.41. The third kappa shape index (κ3) is 4.61. The van der Waals surface area contributed by atoms with Crippen molar-refractivity contribution in [1.29, 1.82) is 0 Å². The van der Waals surface area contributed by atoms with Crippen LogP contribution in [0.3, 0.4) is 0 Å². The Labute approximate surface area is 164 Å². The minimum absolute atomic E-state index is 0.153. The van der Waals surface area contributed by atoms with Crippen molar-refractivity contribution in [2.45, 2.75) is 18.7 Å². The SMILES string of the molecule is CCOc1ccc(/C=N\NS(=O)(=O)c2ccc3ccccc3c2)c(OCC)c1. The molecule has 0 aliphatic carbocycles. The molecule has 0 aliphatic heterocycles. The van der Waals surface area contributed by atoms with Crippen molar-refractivity contribution in [2.24, 2.45) is 5.10 Å². The summed E-state index contributed by atoms with van der Waals surface area (Å²) in [7, 11) is -3.78. The minimum atomic E-state index is -3.78. The van der Waals surface area contributed by atoms with E-state index in [1.807, 2.05) is 38.1 Å². The molecule has 0 heterocycles. The molecule has 0 spiro atoms. The molecule has 0 aliphatic rings. The zero-order valence-corrected chi connectivity index (χ0v) is 16.6. The topological polar surface area (TPSA) is 77.0 Å². The van der Waals surface area contributed by atoms with Crippen LogP contribution in [0.25, 0.3) is 10.8 Å². The monoisotopic (exact) mass is 398 g/mol. The zero-order valence-electron chi connectivity index (χ0n) is 15.8. The first-order chi connectivity index (χ1) is 13.5. The molecule has 0 atom stereocenters. The lowest BCUT2D eigenvalue weighted by atomic mass is 10.1.